The lowest BCUT2D eigenvalue weighted by molar-refractivity contribution is -0.384. The Balaban J connectivity index is 1.82. The molecule has 1 aliphatic rings. The van der Waals surface area contributed by atoms with Crippen LogP contribution in [0, 0.1) is 10.1 Å². The molecule has 0 unspecified atom stereocenters. The van der Waals surface area contributed by atoms with E-state index in [0.717, 1.165) is 26.1 Å². The highest BCUT2D eigenvalue weighted by molar-refractivity contribution is 6.66. The lowest BCUT2D eigenvalue weighted by atomic mass is 10.1. The van der Waals surface area contributed by atoms with Crippen molar-refractivity contribution in [2.45, 2.75) is 23.1 Å². The molecule has 0 amide bonds. The van der Waals surface area contributed by atoms with Crippen LogP contribution in [0.25, 0.3) is 11.4 Å². The number of likely N-dealkylation sites (tertiary alicyclic amines) is 1. The van der Waals surface area contributed by atoms with E-state index in [1.807, 2.05) is 0 Å². The van der Waals surface area contributed by atoms with Gasteiger partial charge in [0, 0.05) is 12.6 Å². The van der Waals surface area contributed by atoms with Gasteiger partial charge in [0.2, 0.25) is 9.74 Å². The molecule has 1 saturated heterocycles. The maximum Gasteiger partial charge on any atom is 0.280 e. The van der Waals surface area contributed by atoms with Crippen LogP contribution in [0.15, 0.2) is 24.3 Å². The summed E-state index contributed by atoms with van der Waals surface area (Å²) in [7, 11) is 0. The first-order chi connectivity index (χ1) is 13.3. The van der Waals surface area contributed by atoms with Crippen LogP contribution < -0.4 is 5.32 Å². The van der Waals surface area contributed by atoms with Crippen LogP contribution in [-0.4, -0.2) is 51.0 Å². The number of rotatable bonds is 7. The number of hydrogen-bond donors (Lipinski definition) is 1. The first kappa shape index (κ1) is 21.0. The van der Waals surface area contributed by atoms with Crippen molar-refractivity contribution in [3.8, 4) is 11.4 Å². The molecule has 0 aliphatic carbocycles. The number of aromatic nitrogens is 3. The van der Waals surface area contributed by atoms with Gasteiger partial charge in [-0.05, 0) is 45.0 Å². The Labute approximate surface area is 177 Å². The maximum absolute atomic E-state index is 11.3. The zero-order valence-electron chi connectivity index (χ0n) is 14.9. The summed E-state index contributed by atoms with van der Waals surface area (Å²) in [6, 6.07) is 6.14. The van der Waals surface area contributed by atoms with Crippen LogP contribution in [-0.2, 0) is 3.79 Å². The number of nitro groups is 1. The predicted octanol–water partition coefficient (Wildman–Crippen LogP) is 4.17. The van der Waals surface area contributed by atoms with Crippen molar-refractivity contribution in [2.75, 3.05) is 31.5 Å². The lowest BCUT2D eigenvalue weighted by Gasteiger charge is -2.15. The summed E-state index contributed by atoms with van der Waals surface area (Å²) in [6.45, 7) is 3.86. The molecule has 0 radical (unpaired) electrons. The van der Waals surface area contributed by atoms with E-state index in [0.29, 0.717) is 6.54 Å². The highest BCUT2D eigenvalue weighted by atomic mass is 35.6. The molecule has 1 aliphatic heterocycles. The smallest absolute Gasteiger partial charge is 0.280 e. The van der Waals surface area contributed by atoms with E-state index in [1.165, 1.54) is 18.9 Å². The number of nitro benzene ring substituents is 1. The summed E-state index contributed by atoms with van der Waals surface area (Å²) >= 11 is 17.8. The third-order valence-electron chi connectivity index (χ3n) is 4.36. The summed E-state index contributed by atoms with van der Waals surface area (Å²) in [5.41, 5.74) is 0.0921. The number of anilines is 1. The molecule has 2 heterocycles. The fraction of sp³-hybridized carbons (Fsp3) is 0.471. The molecule has 1 fully saturated rings. The maximum atomic E-state index is 11.3. The molecule has 8 nitrogen and oxygen atoms in total. The zero-order chi connectivity index (χ0) is 20.1. The van der Waals surface area contributed by atoms with Crippen molar-refractivity contribution in [2.24, 2.45) is 0 Å². The van der Waals surface area contributed by atoms with Crippen LogP contribution >= 0.6 is 34.8 Å². The van der Waals surface area contributed by atoms with Gasteiger partial charge in [-0.25, -0.2) is 4.98 Å². The van der Waals surface area contributed by atoms with E-state index in [1.54, 1.807) is 18.2 Å². The topological polar surface area (TPSA) is 97.1 Å². The van der Waals surface area contributed by atoms with Crippen LogP contribution in [0.4, 0.5) is 11.6 Å². The largest absolute Gasteiger partial charge is 0.354 e. The number of halogens is 3. The second-order valence-corrected chi connectivity index (χ2v) is 8.69. The SMILES string of the molecule is O=[N+]([O-])c1ccccc1-c1nc(NCCCN2CCCC2)nc(C(Cl)(Cl)Cl)n1. The van der Waals surface area contributed by atoms with Gasteiger partial charge >= 0.3 is 0 Å². The second kappa shape index (κ2) is 9.17. The summed E-state index contributed by atoms with van der Waals surface area (Å²) in [5.74, 6) is 0.194. The van der Waals surface area contributed by atoms with E-state index in [4.69, 9.17) is 34.8 Å². The summed E-state index contributed by atoms with van der Waals surface area (Å²) in [4.78, 5) is 25.8. The molecule has 3 rings (SSSR count). The Kier molecular flexibility index (Phi) is 6.87. The van der Waals surface area contributed by atoms with Crippen LogP contribution in [0.1, 0.15) is 25.1 Å². The molecule has 1 aromatic heterocycles. The highest BCUT2D eigenvalue weighted by Crippen LogP contribution is 2.37. The van der Waals surface area contributed by atoms with Gasteiger partial charge < -0.3 is 10.2 Å². The number of alkyl halides is 3. The van der Waals surface area contributed by atoms with Gasteiger partial charge in [-0.1, -0.05) is 46.9 Å². The Morgan fingerprint density at radius 3 is 2.54 bits per heavy atom. The first-order valence-electron chi connectivity index (χ1n) is 8.88. The van der Waals surface area contributed by atoms with Crippen molar-refractivity contribution in [1.82, 2.24) is 19.9 Å². The number of para-hydroxylation sites is 1. The molecule has 0 spiro atoms. The number of nitrogens with one attached hydrogen (secondary N) is 1. The molecule has 0 saturated carbocycles. The quantitative estimate of drug-likeness (QED) is 0.295. The van der Waals surface area contributed by atoms with E-state index in [-0.39, 0.29) is 28.8 Å². The molecular weight excluding hydrogens is 427 g/mol. The molecule has 2 aromatic rings. The minimum Gasteiger partial charge on any atom is -0.354 e. The van der Waals surface area contributed by atoms with Crippen molar-refractivity contribution >= 4 is 46.4 Å². The van der Waals surface area contributed by atoms with Gasteiger partial charge in [-0.15, -0.1) is 0 Å². The van der Waals surface area contributed by atoms with Gasteiger partial charge in [-0.2, -0.15) is 9.97 Å². The Morgan fingerprint density at radius 2 is 1.86 bits per heavy atom. The molecule has 1 aromatic carbocycles. The monoisotopic (exact) mass is 444 g/mol. The molecule has 150 valence electrons. The molecule has 1 N–H and O–H groups in total. The average molecular weight is 446 g/mol. The van der Waals surface area contributed by atoms with Crippen molar-refractivity contribution in [3.05, 3.63) is 40.2 Å². The van der Waals surface area contributed by atoms with Crippen LogP contribution in [0.2, 0.25) is 0 Å². The fourth-order valence-corrected chi connectivity index (χ4v) is 3.29. The van der Waals surface area contributed by atoms with Gasteiger partial charge in [0.25, 0.3) is 5.69 Å². The number of hydrogen-bond acceptors (Lipinski definition) is 7. The Hall–Kier alpha value is -1.74. The molecule has 0 bridgehead atoms. The van der Waals surface area contributed by atoms with E-state index in [2.05, 4.69) is 25.2 Å². The lowest BCUT2D eigenvalue weighted by Crippen LogP contribution is -2.23. The first-order valence-corrected chi connectivity index (χ1v) is 10.0. The third kappa shape index (κ3) is 5.41. The molecular formula is C17H19Cl3N6O2. The van der Waals surface area contributed by atoms with Crippen molar-refractivity contribution in [1.29, 1.82) is 0 Å². The van der Waals surface area contributed by atoms with Crippen LogP contribution in [0.3, 0.4) is 0 Å². The molecule has 11 heteroatoms. The number of benzene rings is 1. The zero-order valence-corrected chi connectivity index (χ0v) is 17.2. The van der Waals surface area contributed by atoms with Crippen molar-refractivity contribution < 1.29 is 4.92 Å². The summed E-state index contributed by atoms with van der Waals surface area (Å²) in [6.07, 6.45) is 3.38. The van der Waals surface area contributed by atoms with Gasteiger partial charge in [0.15, 0.2) is 11.6 Å². The van der Waals surface area contributed by atoms with Crippen molar-refractivity contribution in [3.63, 3.8) is 0 Å². The minimum absolute atomic E-state index is 0.0747. The fourth-order valence-electron chi connectivity index (χ4n) is 3.03. The average Bonchev–Trinajstić information content (AvgIpc) is 3.18. The standard InChI is InChI=1S/C17H19Cl3N6O2/c18-17(19,20)15-22-14(12-6-1-2-7-13(12)26(27)28)23-16(24-15)21-8-5-11-25-9-3-4-10-25/h1-2,6-7H,3-5,8-11H2,(H,21,22,23,24). The van der Waals surface area contributed by atoms with E-state index < -0.39 is 8.72 Å². The normalized spacial score (nSPS) is 15.0. The van der Waals surface area contributed by atoms with Gasteiger partial charge in [-0.3, -0.25) is 10.1 Å². The molecule has 0 atom stereocenters. The van der Waals surface area contributed by atoms with E-state index >= 15 is 0 Å². The Morgan fingerprint density at radius 1 is 1.14 bits per heavy atom. The number of nitrogens with zero attached hydrogens (tertiary/aromatic N) is 5. The molecule has 28 heavy (non-hydrogen) atoms. The van der Waals surface area contributed by atoms with Gasteiger partial charge in [0.1, 0.15) is 0 Å². The highest BCUT2D eigenvalue weighted by Gasteiger charge is 2.29. The summed E-state index contributed by atoms with van der Waals surface area (Å²) in [5, 5.41) is 14.4. The summed E-state index contributed by atoms with van der Waals surface area (Å²) < 4.78 is -1.88. The third-order valence-corrected chi connectivity index (χ3v) is 4.87. The van der Waals surface area contributed by atoms with E-state index in [9.17, 15) is 10.1 Å². The second-order valence-electron chi connectivity index (χ2n) is 6.41. The van der Waals surface area contributed by atoms with Crippen LogP contribution in [0.5, 0.6) is 0 Å². The minimum atomic E-state index is -1.88. The van der Waals surface area contributed by atoms with Gasteiger partial charge in [0.05, 0.1) is 10.5 Å². The Bertz CT molecular complexity index is 840. The predicted molar refractivity (Wildman–Crippen MR) is 110 cm³/mol.